The number of urea groups is 1. The second-order valence-corrected chi connectivity index (χ2v) is 6.75. The molecular formula is C10H18N2O4S. The highest BCUT2D eigenvalue weighted by molar-refractivity contribution is 7.91. The summed E-state index contributed by atoms with van der Waals surface area (Å²) in [7, 11) is -3.14. The number of imide groups is 1. The molecule has 0 radical (unpaired) electrons. The lowest BCUT2D eigenvalue weighted by Crippen LogP contribution is -2.48. The number of sulfone groups is 1. The van der Waals surface area contributed by atoms with Gasteiger partial charge in [-0.2, -0.15) is 0 Å². The summed E-state index contributed by atoms with van der Waals surface area (Å²) in [6, 6.07) is -0.509. The Morgan fingerprint density at radius 1 is 1.29 bits per heavy atom. The first-order valence-electron chi connectivity index (χ1n) is 5.60. The molecule has 17 heavy (non-hydrogen) atoms. The molecule has 1 saturated heterocycles. The lowest BCUT2D eigenvalue weighted by molar-refractivity contribution is -0.125. The third-order valence-electron chi connectivity index (χ3n) is 3.30. The van der Waals surface area contributed by atoms with Crippen LogP contribution in [0.5, 0.6) is 0 Å². The minimum absolute atomic E-state index is 0.0409. The van der Waals surface area contributed by atoms with Gasteiger partial charge in [0.15, 0.2) is 9.84 Å². The van der Waals surface area contributed by atoms with Crippen molar-refractivity contribution in [1.82, 2.24) is 10.2 Å². The van der Waals surface area contributed by atoms with Gasteiger partial charge in [0.2, 0.25) is 0 Å². The molecule has 0 aliphatic carbocycles. The second kappa shape index (κ2) is 4.64. The molecule has 1 unspecified atom stereocenters. The molecule has 0 aromatic heterocycles. The molecule has 0 aromatic rings. The molecule has 6 nitrogen and oxygen atoms in total. The number of nitrogens with one attached hydrogen (secondary N) is 1. The molecule has 1 heterocycles. The zero-order valence-electron chi connectivity index (χ0n) is 10.3. The maximum Gasteiger partial charge on any atom is 0.325 e. The number of carbonyl (C=O) groups is 2. The van der Waals surface area contributed by atoms with E-state index in [1.165, 1.54) is 4.90 Å². The summed E-state index contributed by atoms with van der Waals surface area (Å²) < 4.78 is 22.8. The van der Waals surface area contributed by atoms with Gasteiger partial charge >= 0.3 is 6.03 Å². The van der Waals surface area contributed by atoms with Crippen LogP contribution in [0.25, 0.3) is 0 Å². The van der Waals surface area contributed by atoms with Gasteiger partial charge in [-0.3, -0.25) is 10.1 Å². The van der Waals surface area contributed by atoms with Crippen LogP contribution < -0.4 is 5.32 Å². The first-order chi connectivity index (χ1) is 7.77. The molecule has 1 rings (SSSR count). The number of carbonyl (C=O) groups excluding carboxylic acids is 2. The summed E-state index contributed by atoms with van der Waals surface area (Å²) in [6.45, 7) is 5.05. The zero-order valence-corrected chi connectivity index (χ0v) is 11.1. The van der Waals surface area contributed by atoms with Gasteiger partial charge in [0, 0.05) is 12.3 Å². The summed E-state index contributed by atoms with van der Waals surface area (Å²) >= 11 is 0. The first-order valence-corrected chi connectivity index (χ1v) is 7.42. The molecule has 7 heteroatoms. The van der Waals surface area contributed by atoms with E-state index in [4.69, 9.17) is 0 Å². The molecule has 0 spiro atoms. The van der Waals surface area contributed by atoms with Crippen molar-refractivity contribution in [2.24, 2.45) is 0 Å². The number of hydrogen-bond donors (Lipinski definition) is 1. The van der Waals surface area contributed by atoms with E-state index in [1.54, 1.807) is 20.8 Å². The summed E-state index contributed by atoms with van der Waals surface area (Å²) in [6.07, 6.45) is 0.455. The van der Waals surface area contributed by atoms with Crippen molar-refractivity contribution in [3.63, 3.8) is 0 Å². The molecule has 1 aliphatic rings. The Kier molecular flexibility index (Phi) is 3.81. The van der Waals surface area contributed by atoms with E-state index in [0.717, 1.165) is 0 Å². The summed E-state index contributed by atoms with van der Waals surface area (Å²) in [4.78, 5) is 24.5. The van der Waals surface area contributed by atoms with Crippen LogP contribution in [0.3, 0.4) is 0 Å². The second-order valence-electron chi connectivity index (χ2n) is 4.27. The maximum absolute atomic E-state index is 11.6. The Morgan fingerprint density at radius 2 is 1.88 bits per heavy atom. The maximum atomic E-state index is 11.6. The number of rotatable bonds is 5. The Bertz CT molecular complexity index is 432. The van der Waals surface area contributed by atoms with Gasteiger partial charge in [0.25, 0.3) is 5.91 Å². The molecule has 0 saturated carbocycles. The average Bonchev–Trinajstić information content (AvgIpc) is 2.48. The van der Waals surface area contributed by atoms with Crippen LogP contribution in [-0.2, 0) is 14.6 Å². The number of amides is 3. The van der Waals surface area contributed by atoms with Gasteiger partial charge in [-0.05, 0) is 13.3 Å². The fraction of sp³-hybridized carbons (Fsp3) is 0.800. The van der Waals surface area contributed by atoms with Crippen molar-refractivity contribution in [2.75, 3.05) is 18.1 Å². The highest BCUT2D eigenvalue weighted by Crippen LogP contribution is 2.24. The third kappa shape index (κ3) is 2.59. The Hall–Kier alpha value is -1.11. The summed E-state index contributed by atoms with van der Waals surface area (Å²) in [5.74, 6) is -0.433. The number of nitrogens with zero attached hydrogens (tertiary/aromatic N) is 1. The predicted octanol–water partition coefficient (Wildman–Crippen LogP) is 0.142. The van der Waals surface area contributed by atoms with Gasteiger partial charge in [-0.1, -0.05) is 13.8 Å². The van der Waals surface area contributed by atoms with E-state index in [1.807, 2.05) is 0 Å². The van der Waals surface area contributed by atoms with Crippen molar-refractivity contribution >= 4 is 21.8 Å². The molecule has 0 aromatic carbocycles. The van der Waals surface area contributed by atoms with Crippen molar-refractivity contribution < 1.29 is 18.0 Å². The highest BCUT2D eigenvalue weighted by atomic mass is 32.2. The summed E-state index contributed by atoms with van der Waals surface area (Å²) in [5.41, 5.74) is -0.930. The van der Waals surface area contributed by atoms with E-state index in [0.29, 0.717) is 6.42 Å². The van der Waals surface area contributed by atoms with Crippen LogP contribution in [0.2, 0.25) is 0 Å². The Morgan fingerprint density at radius 3 is 2.35 bits per heavy atom. The minimum atomic E-state index is -3.14. The smallest absolute Gasteiger partial charge is 0.309 e. The van der Waals surface area contributed by atoms with Crippen molar-refractivity contribution in [3.8, 4) is 0 Å². The molecule has 1 atom stereocenters. The third-order valence-corrected chi connectivity index (χ3v) is 4.99. The zero-order chi connectivity index (χ0) is 13.3. The Labute approximate surface area is 101 Å². The van der Waals surface area contributed by atoms with Gasteiger partial charge < -0.3 is 4.90 Å². The summed E-state index contributed by atoms with van der Waals surface area (Å²) in [5, 5.41) is 2.22. The van der Waals surface area contributed by atoms with E-state index >= 15 is 0 Å². The predicted molar refractivity (Wildman–Crippen MR) is 63.3 cm³/mol. The van der Waals surface area contributed by atoms with E-state index in [-0.39, 0.29) is 24.0 Å². The molecule has 1 fully saturated rings. The molecule has 1 N–H and O–H groups in total. The lowest BCUT2D eigenvalue weighted by atomic mass is 9.98. The van der Waals surface area contributed by atoms with Crippen molar-refractivity contribution in [3.05, 3.63) is 0 Å². The minimum Gasteiger partial charge on any atom is -0.309 e. The molecule has 3 amide bonds. The molecule has 1 aliphatic heterocycles. The fourth-order valence-electron chi connectivity index (χ4n) is 1.72. The van der Waals surface area contributed by atoms with Crippen LogP contribution in [0.1, 0.15) is 27.2 Å². The van der Waals surface area contributed by atoms with Gasteiger partial charge in [0.05, 0.1) is 5.75 Å². The van der Waals surface area contributed by atoms with Crippen molar-refractivity contribution in [2.45, 2.75) is 32.7 Å². The van der Waals surface area contributed by atoms with Crippen LogP contribution in [0.4, 0.5) is 4.79 Å². The van der Waals surface area contributed by atoms with Gasteiger partial charge in [0.1, 0.15) is 5.54 Å². The molecule has 0 bridgehead atoms. The monoisotopic (exact) mass is 262 g/mol. The largest absolute Gasteiger partial charge is 0.325 e. The van der Waals surface area contributed by atoms with Gasteiger partial charge in [-0.25, -0.2) is 13.2 Å². The SMILES string of the molecule is CCC1(C)C(=O)NC(=O)N1CCS(=O)(=O)CC. The Balaban J connectivity index is 2.82. The van der Waals surface area contributed by atoms with Crippen LogP contribution in [-0.4, -0.2) is 48.8 Å². The first kappa shape index (κ1) is 14.0. The molecular weight excluding hydrogens is 244 g/mol. The van der Waals surface area contributed by atoms with Crippen LogP contribution in [0.15, 0.2) is 0 Å². The lowest BCUT2D eigenvalue weighted by Gasteiger charge is -2.30. The quantitative estimate of drug-likeness (QED) is 0.714. The highest BCUT2D eigenvalue weighted by Gasteiger charge is 2.47. The molecule has 98 valence electrons. The van der Waals surface area contributed by atoms with Gasteiger partial charge in [-0.15, -0.1) is 0 Å². The fourth-order valence-corrected chi connectivity index (χ4v) is 2.47. The average molecular weight is 262 g/mol. The van der Waals surface area contributed by atoms with E-state index < -0.39 is 21.4 Å². The normalized spacial score (nSPS) is 25.2. The van der Waals surface area contributed by atoms with Crippen LogP contribution >= 0.6 is 0 Å². The van der Waals surface area contributed by atoms with E-state index in [2.05, 4.69) is 5.32 Å². The van der Waals surface area contributed by atoms with E-state index in [9.17, 15) is 18.0 Å². The van der Waals surface area contributed by atoms with Crippen LogP contribution in [0, 0.1) is 0 Å². The van der Waals surface area contributed by atoms with Crippen molar-refractivity contribution in [1.29, 1.82) is 0 Å². The topological polar surface area (TPSA) is 83.6 Å². The standard InChI is InChI=1S/C10H18N2O4S/c1-4-10(3)8(13)11-9(14)12(10)6-7-17(15,16)5-2/h4-7H2,1-3H3,(H,11,13,14). The number of hydrogen-bond acceptors (Lipinski definition) is 4.